The highest BCUT2D eigenvalue weighted by molar-refractivity contribution is 5.04. The second-order valence-corrected chi connectivity index (χ2v) is 15.3. The average Bonchev–Trinajstić information content (AvgIpc) is 3.09. The van der Waals surface area contributed by atoms with Gasteiger partial charge >= 0.3 is 0 Å². The fourth-order valence-corrected chi connectivity index (χ4v) is 8.43. The van der Waals surface area contributed by atoms with Crippen molar-refractivity contribution >= 4 is 0 Å². The van der Waals surface area contributed by atoms with Gasteiger partial charge in [-0.05, 0) is 138 Å². The molecular weight excluding hydrogens is 432 g/mol. The van der Waals surface area contributed by atoms with Crippen molar-refractivity contribution in [3.63, 3.8) is 0 Å². The maximum Gasteiger partial charge on any atom is 0.0575 e. The van der Waals surface area contributed by atoms with Gasteiger partial charge in [-0.1, -0.05) is 0 Å². The minimum absolute atomic E-state index is 0.182. The fraction of sp³-hybridized carbons (Fsp3) is 1.00. The summed E-state index contributed by atoms with van der Waals surface area (Å²) in [6, 6.07) is 0. The molecule has 4 heteroatoms. The molecule has 4 nitrogen and oxygen atoms in total. The zero-order valence-electron chi connectivity index (χ0n) is 24.7. The van der Waals surface area contributed by atoms with Crippen LogP contribution in [-0.2, 0) is 9.47 Å². The van der Waals surface area contributed by atoms with E-state index in [0.717, 1.165) is 25.0 Å². The Bertz CT molecular complexity index is 699. The highest BCUT2D eigenvalue weighted by Crippen LogP contribution is 2.45. The van der Waals surface area contributed by atoms with Crippen molar-refractivity contribution in [2.24, 2.45) is 23.7 Å². The molecule has 2 unspecified atom stereocenters. The van der Waals surface area contributed by atoms with Crippen molar-refractivity contribution in [2.45, 2.75) is 154 Å². The first-order valence-corrected chi connectivity index (χ1v) is 15.0. The molecule has 204 valence electrons. The Balaban J connectivity index is 1.14. The monoisotopic (exact) mass is 490 g/mol. The van der Waals surface area contributed by atoms with Crippen LogP contribution in [0.5, 0.6) is 0 Å². The summed E-state index contributed by atoms with van der Waals surface area (Å²) in [7, 11) is 2.29. The summed E-state index contributed by atoms with van der Waals surface area (Å²) in [4.78, 5) is 2.57. The molecule has 0 amide bonds. The van der Waals surface area contributed by atoms with Gasteiger partial charge in [0.05, 0.1) is 25.4 Å². The molecule has 0 aromatic rings. The van der Waals surface area contributed by atoms with E-state index in [-0.39, 0.29) is 22.2 Å². The van der Waals surface area contributed by atoms with Crippen LogP contribution in [0.3, 0.4) is 0 Å². The molecule has 4 aliphatic rings. The molecule has 0 spiro atoms. The zero-order valence-corrected chi connectivity index (χ0v) is 24.7. The van der Waals surface area contributed by atoms with E-state index >= 15 is 0 Å². The Morgan fingerprint density at radius 1 is 0.657 bits per heavy atom. The number of hydrogen-bond donors (Lipinski definition) is 1. The Morgan fingerprint density at radius 2 is 1.11 bits per heavy atom. The van der Waals surface area contributed by atoms with E-state index in [9.17, 15) is 0 Å². The van der Waals surface area contributed by atoms with Gasteiger partial charge in [0.1, 0.15) is 0 Å². The van der Waals surface area contributed by atoms with Gasteiger partial charge in [0.15, 0.2) is 0 Å². The summed E-state index contributed by atoms with van der Waals surface area (Å²) in [5, 5.41) is 3.80. The lowest BCUT2D eigenvalue weighted by atomic mass is 9.72. The zero-order chi connectivity index (χ0) is 25.6. The standard InChI is InChI=1S/C31H58N2O2/c1-28(2)18-24(30(5,6)32-28)20-34-26-14-10-22(11-15-26)23-12-16-27(17-13-23)35-21-25-19-29(3,4)33(9)31(25,7)8/h22-27,32H,10-21H2,1-9H3. The highest BCUT2D eigenvalue weighted by atomic mass is 16.5. The number of hydrogen-bond acceptors (Lipinski definition) is 4. The Kier molecular flexibility index (Phi) is 8.11. The lowest BCUT2D eigenvalue weighted by molar-refractivity contribution is -0.0347. The van der Waals surface area contributed by atoms with Gasteiger partial charge in [-0.15, -0.1) is 0 Å². The fourth-order valence-electron chi connectivity index (χ4n) is 8.43. The number of nitrogens with zero attached hydrogens (tertiary/aromatic N) is 1. The number of ether oxygens (including phenoxy) is 2. The highest BCUT2D eigenvalue weighted by Gasteiger charge is 2.49. The van der Waals surface area contributed by atoms with Gasteiger partial charge in [0.2, 0.25) is 0 Å². The summed E-state index contributed by atoms with van der Waals surface area (Å²) in [6.45, 7) is 20.8. The first-order valence-electron chi connectivity index (χ1n) is 15.0. The van der Waals surface area contributed by atoms with Crippen LogP contribution in [0, 0.1) is 23.7 Å². The molecule has 2 heterocycles. The maximum atomic E-state index is 6.56. The molecular formula is C31H58N2O2. The van der Waals surface area contributed by atoms with Crippen LogP contribution in [-0.4, -0.2) is 59.5 Å². The van der Waals surface area contributed by atoms with Crippen molar-refractivity contribution in [3.05, 3.63) is 0 Å². The topological polar surface area (TPSA) is 33.7 Å². The molecule has 2 saturated heterocycles. The predicted octanol–water partition coefficient (Wildman–Crippen LogP) is 6.81. The van der Waals surface area contributed by atoms with Crippen LogP contribution in [0.2, 0.25) is 0 Å². The van der Waals surface area contributed by atoms with Gasteiger partial charge in [0, 0.05) is 34.0 Å². The summed E-state index contributed by atoms with van der Waals surface area (Å²) in [6.07, 6.45) is 14.0. The maximum absolute atomic E-state index is 6.56. The van der Waals surface area contributed by atoms with Crippen LogP contribution in [0.1, 0.15) is 120 Å². The molecule has 1 N–H and O–H groups in total. The minimum atomic E-state index is 0.182. The van der Waals surface area contributed by atoms with Crippen LogP contribution in [0.25, 0.3) is 0 Å². The van der Waals surface area contributed by atoms with Crippen LogP contribution >= 0.6 is 0 Å². The van der Waals surface area contributed by atoms with Gasteiger partial charge in [-0.3, -0.25) is 4.90 Å². The van der Waals surface area contributed by atoms with E-state index in [4.69, 9.17) is 9.47 Å². The van der Waals surface area contributed by atoms with E-state index < -0.39 is 0 Å². The van der Waals surface area contributed by atoms with Crippen LogP contribution < -0.4 is 5.32 Å². The average molecular weight is 491 g/mol. The number of rotatable bonds is 7. The Morgan fingerprint density at radius 3 is 1.49 bits per heavy atom. The summed E-state index contributed by atoms with van der Waals surface area (Å²) in [5.41, 5.74) is 0.916. The van der Waals surface area contributed by atoms with Gasteiger partial charge < -0.3 is 14.8 Å². The molecule has 35 heavy (non-hydrogen) atoms. The van der Waals surface area contributed by atoms with Crippen molar-refractivity contribution in [1.29, 1.82) is 0 Å². The van der Waals surface area contributed by atoms with Gasteiger partial charge in [-0.2, -0.15) is 0 Å². The molecule has 4 fully saturated rings. The third-order valence-electron chi connectivity index (χ3n) is 11.1. The lowest BCUT2D eigenvalue weighted by Gasteiger charge is -2.40. The third kappa shape index (κ3) is 6.29. The Labute approximate surface area is 217 Å². The van der Waals surface area contributed by atoms with Gasteiger partial charge in [0.25, 0.3) is 0 Å². The number of likely N-dealkylation sites (tertiary alicyclic amines) is 1. The minimum Gasteiger partial charge on any atom is -0.378 e. The van der Waals surface area contributed by atoms with Crippen molar-refractivity contribution in [1.82, 2.24) is 10.2 Å². The molecule has 0 radical (unpaired) electrons. The third-order valence-corrected chi connectivity index (χ3v) is 11.1. The Hall–Kier alpha value is -0.160. The van der Waals surface area contributed by atoms with Crippen LogP contribution in [0.15, 0.2) is 0 Å². The van der Waals surface area contributed by atoms with E-state index in [2.05, 4.69) is 72.7 Å². The first kappa shape index (κ1) is 27.9. The van der Waals surface area contributed by atoms with Gasteiger partial charge in [-0.25, -0.2) is 0 Å². The molecule has 2 atom stereocenters. The quantitative estimate of drug-likeness (QED) is 0.425. The summed E-state index contributed by atoms with van der Waals surface area (Å²) in [5.74, 6) is 3.09. The number of nitrogens with one attached hydrogen (secondary N) is 1. The second kappa shape index (κ2) is 10.2. The van der Waals surface area contributed by atoms with E-state index in [0.29, 0.717) is 24.0 Å². The van der Waals surface area contributed by atoms with E-state index in [1.165, 1.54) is 64.2 Å². The molecule has 0 aromatic carbocycles. The normalized spacial score (nSPS) is 40.7. The van der Waals surface area contributed by atoms with Crippen molar-refractivity contribution in [3.8, 4) is 0 Å². The molecule has 2 aliphatic heterocycles. The predicted molar refractivity (Wildman–Crippen MR) is 147 cm³/mol. The van der Waals surface area contributed by atoms with Crippen molar-refractivity contribution in [2.75, 3.05) is 20.3 Å². The molecule has 0 bridgehead atoms. The molecule has 2 aliphatic carbocycles. The smallest absolute Gasteiger partial charge is 0.0575 e. The molecule has 0 aromatic heterocycles. The molecule has 4 rings (SSSR count). The van der Waals surface area contributed by atoms with E-state index in [1.807, 2.05) is 0 Å². The SMILES string of the molecule is CN1C(C)(C)CC(COC2CCC(C3CCC(OCC4CC(C)(C)NC4(C)C)CC3)CC2)C1(C)C. The lowest BCUT2D eigenvalue weighted by Crippen LogP contribution is -2.47. The van der Waals surface area contributed by atoms with Crippen LogP contribution in [0.4, 0.5) is 0 Å². The molecule has 2 saturated carbocycles. The largest absolute Gasteiger partial charge is 0.378 e. The van der Waals surface area contributed by atoms with E-state index in [1.54, 1.807) is 0 Å². The summed E-state index contributed by atoms with van der Waals surface area (Å²) >= 11 is 0. The first-order chi connectivity index (χ1) is 16.2. The second-order valence-electron chi connectivity index (χ2n) is 15.3. The van der Waals surface area contributed by atoms with Crippen molar-refractivity contribution < 1.29 is 9.47 Å². The summed E-state index contributed by atoms with van der Waals surface area (Å²) < 4.78 is 13.1.